The molecule has 1 aromatic rings. The summed E-state index contributed by atoms with van der Waals surface area (Å²) in [7, 11) is -3.29. The monoisotopic (exact) mass is 326 g/mol. The summed E-state index contributed by atoms with van der Waals surface area (Å²) >= 11 is 0. The average Bonchev–Trinajstić information content (AvgIpc) is 2.43. The van der Waals surface area contributed by atoms with Crippen LogP contribution in [-0.2, 0) is 21.4 Å². The summed E-state index contributed by atoms with van der Waals surface area (Å²) in [5.74, 6) is -0.140. The number of hydrogen-bond acceptors (Lipinski definition) is 3. The molecule has 1 amide bonds. The van der Waals surface area contributed by atoms with Gasteiger partial charge in [0.05, 0.1) is 6.26 Å². The number of nitrogens with one attached hydrogen (secondary N) is 1. The van der Waals surface area contributed by atoms with Crippen LogP contribution in [0.5, 0.6) is 0 Å². The molecule has 0 spiro atoms. The van der Waals surface area contributed by atoms with Crippen LogP contribution >= 0.6 is 0 Å². The van der Waals surface area contributed by atoms with E-state index in [0.29, 0.717) is 6.54 Å². The molecule has 0 saturated heterocycles. The van der Waals surface area contributed by atoms with E-state index >= 15 is 0 Å². The molecular formula is C16H26N2O3S. The van der Waals surface area contributed by atoms with Gasteiger partial charge in [-0.3, -0.25) is 4.79 Å². The van der Waals surface area contributed by atoms with Crippen molar-refractivity contribution in [1.82, 2.24) is 9.62 Å². The first-order chi connectivity index (χ1) is 10.2. The Hall–Kier alpha value is -1.40. The van der Waals surface area contributed by atoms with Gasteiger partial charge in [0, 0.05) is 25.6 Å². The van der Waals surface area contributed by atoms with E-state index in [1.54, 1.807) is 0 Å². The maximum Gasteiger partial charge on any atom is 0.221 e. The maximum absolute atomic E-state index is 11.9. The number of rotatable bonds is 8. The molecule has 0 aromatic heterocycles. The molecule has 124 valence electrons. The predicted molar refractivity (Wildman–Crippen MR) is 88.9 cm³/mol. The van der Waals surface area contributed by atoms with Crippen molar-refractivity contribution in [3.8, 4) is 0 Å². The van der Waals surface area contributed by atoms with Crippen molar-refractivity contribution in [3.05, 3.63) is 35.4 Å². The largest absolute Gasteiger partial charge is 0.352 e. The van der Waals surface area contributed by atoms with Gasteiger partial charge in [0.1, 0.15) is 0 Å². The molecular weight excluding hydrogens is 300 g/mol. The van der Waals surface area contributed by atoms with Gasteiger partial charge in [-0.25, -0.2) is 8.42 Å². The fourth-order valence-corrected chi connectivity index (χ4v) is 3.47. The summed E-state index contributed by atoms with van der Waals surface area (Å²) in [5.41, 5.74) is 2.18. The number of nitrogens with zero attached hydrogens (tertiary/aromatic N) is 1. The lowest BCUT2D eigenvalue weighted by Gasteiger charge is -2.25. The first kappa shape index (κ1) is 18.6. The van der Waals surface area contributed by atoms with Gasteiger partial charge in [-0.05, 0) is 25.8 Å². The maximum atomic E-state index is 11.9. The molecule has 1 aromatic carbocycles. The number of benzene rings is 1. The Balaban J connectivity index is 2.50. The minimum absolute atomic E-state index is 0.0976. The normalized spacial score (nSPS) is 13.1. The first-order valence-corrected chi connectivity index (χ1v) is 9.38. The Kier molecular flexibility index (Phi) is 7.03. The highest BCUT2D eigenvalue weighted by Gasteiger charge is 2.22. The van der Waals surface area contributed by atoms with Crippen molar-refractivity contribution in [2.24, 2.45) is 0 Å². The molecule has 6 heteroatoms. The number of hydrogen-bond donors (Lipinski definition) is 1. The van der Waals surface area contributed by atoms with Gasteiger partial charge >= 0.3 is 0 Å². The summed E-state index contributed by atoms with van der Waals surface area (Å²) in [6.45, 7) is 6.46. The number of carbonyl (C=O) groups excluding carboxylic acids is 1. The molecule has 0 heterocycles. The van der Waals surface area contributed by atoms with Gasteiger partial charge in [-0.1, -0.05) is 36.8 Å². The number of amides is 1. The third kappa shape index (κ3) is 6.15. The molecule has 0 aliphatic carbocycles. The first-order valence-electron chi connectivity index (χ1n) is 7.53. The summed E-state index contributed by atoms with van der Waals surface area (Å²) in [6.07, 6.45) is 2.07. The molecule has 1 unspecified atom stereocenters. The van der Waals surface area contributed by atoms with Crippen molar-refractivity contribution >= 4 is 15.9 Å². The topological polar surface area (TPSA) is 66.5 Å². The van der Waals surface area contributed by atoms with E-state index in [2.05, 4.69) is 5.32 Å². The second kappa shape index (κ2) is 8.29. The third-order valence-corrected chi connectivity index (χ3v) is 5.03. The van der Waals surface area contributed by atoms with Crippen LogP contribution < -0.4 is 5.32 Å². The van der Waals surface area contributed by atoms with Gasteiger partial charge in [-0.2, -0.15) is 4.31 Å². The van der Waals surface area contributed by atoms with Crippen LogP contribution in [0.4, 0.5) is 0 Å². The standard InChI is InChI=1S/C16H26N2O3S/c1-5-14(3)18(22(4,20)21)10-9-16(19)17-12-15-8-6-7-13(2)11-15/h6-8,11,14H,5,9-10,12H2,1-4H3,(H,17,19). The Morgan fingerprint density at radius 3 is 2.59 bits per heavy atom. The highest BCUT2D eigenvalue weighted by molar-refractivity contribution is 7.88. The minimum Gasteiger partial charge on any atom is -0.352 e. The number of aryl methyl sites for hydroxylation is 1. The second-order valence-corrected chi connectivity index (χ2v) is 7.58. The summed E-state index contributed by atoms with van der Waals surface area (Å²) in [6, 6.07) is 7.82. The number of sulfonamides is 1. The highest BCUT2D eigenvalue weighted by Crippen LogP contribution is 2.09. The molecule has 5 nitrogen and oxygen atoms in total. The summed E-state index contributed by atoms with van der Waals surface area (Å²) in [4.78, 5) is 11.9. The van der Waals surface area contributed by atoms with Crippen LogP contribution in [0.2, 0.25) is 0 Å². The SMILES string of the molecule is CCC(C)N(CCC(=O)NCc1cccc(C)c1)S(C)(=O)=O. The van der Waals surface area contributed by atoms with E-state index < -0.39 is 10.0 Å². The van der Waals surface area contributed by atoms with Crippen LogP contribution in [0.1, 0.15) is 37.8 Å². The highest BCUT2D eigenvalue weighted by atomic mass is 32.2. The zero-order chi connectivity index (χ0) is 16.8. The van der Waals surface area contributed by atoms with E-state index in [9.17, 15) is 13.2 Å². The Labute approximate surface area is 133 Å². The van der Waals surface area contributed by atoms with Crippen LogP contribution in [0.15, 0.2) is 24.3 Å². The molecule has 1 atom stereocenters. The van der Waals surface area contributed by atoms with Crippen molar-refractivity contribution in [3.63, 3.8) is 0 Å². The average molecular weight is 326 g/mol. The smallest absolute Gasteiger partial charge is 0.221 e. The van der Waals surface area contributed by atoms with Gasteiger partial charge in [0.25, 0.3) is 0 Å². The van der Waals surface area contributed by atoms with Crippen LogP contribution in [0.3, 0.4) is 0 Å². The lowest BCUT2D eigenvalue weighted by molar-refractivity contribution is -0.121. The van der Waals surface area contributed by atoms with Gasteiger partial charge < -0.3 is 5.32 Å². The summed E-state index contributed by atoms with van der Waals surface area (Å²) in [5, 5.41) is 2.83. The van der Waals surface area contributed by atoms with Gasteiger partial charge in [0.2, 0.25) is 15.9 Å². The second-order valence-electron chi connectivity index (χ2n) is 5.65. The lowest BCUT2D eigenvalue weighted by Crippen LogP contribution is -2.40. The van der Waals surface area contributed by atoms with Gasteiger partial charge in [0.15, 0.2) is 0 Å². The van der Waals surface area contributed by atoms with Crippen LogP contribution in [0.25, 0.3) is 0 Å². The Morgan fingerprint density at radius 2 is 2.05 bits per heavy atom. The third-order valence-electron chi connectivity index (χ3n) is 3.64. The zero-order valence-corrected chi connectivity index (χ0v) is 14.6. The van der Waals surface area contributed by atoms with E-state index in [1.807, 2.05) is 45.0 Å². The molecule has 0 aliphatic rings. The molecule has 0 bridgehead atoms. The lowest BCUT2D eigenvalue weighted by atomic mass is 10.1. The van der Waals surface area contributed by atoms with Crippen molar-refractivity contribution < 1.29 is 13.2 Å². The molecule has 0 fully saturated rings. The van der Waals surface area contributed by atoms with Crippen LogP contribution in [-0.4, -0.2) is 37.5 Å². The Morgan fingerprint density at radius 1 is 1.36 bits per heavy atom. The predicted octanol–water partition coefficient (Wildman–Crippen LogP) is 2.06. The minimum atomic E-state index is -3.29. The number of carbonyl (C=O) groups is 1. The molecule has 22 heavy (non-hydrogen) atoms. The van der Waals surface area contributed by atoms with Crippen molar-refractivity contribution in [2.45, 2.75) is 46.2 Å². The molecule has 0 radical (unpaired) electrons. The van der Waals surface area contributed by atoms with Gasteiger partial charge in [-0.15, -0.1) is 0 Å². The van der Waals surface area contributed by atoms with E-state index in [4.69, 9.17) is 0 Å². The fraction of sp³-hybridized carbons (Fsp3) is 0.562. The molecule has 1 rings (SSSR count). The van der Waals surface area contributed by atoms with E-state index in [1.165, 1.54) is 10.6 Å². The quantitative estimate of drug-likeness (QED) is 0.795. The van der Waals surface area contributed by atoms with E-state index in [-0.39, 0.29) is 24.9 Å². The van der Waals surface area contributed by atoms with Crippen LogP contribution in [0, 0.1) is 6.92 Å². The molecule has 1 N–H and O–H groups in total. The summed E-state index contributed by atoms with van der Waals surface area (Å²) < 4.78 is 24.9. The molecule has 0 saturated carbocycles. The zero-order valence-electron chi connectivity index (χ0n) is 13.8. The fourth-order valence-electron chi connectivity index (χ4n) is 2.24. The van der Waals surface area contributed by atoms with E-state index in [0.717, 1.165) is 17.5 Å². The van der Waals surface area contributed by atoms with Crippen molar-refractivity contribution in [1.29, 1.82) is 0 Å². The Bertz CT molecular complexity index is 599. The van der Waals surface area contributed by atoms with Crippen molar-refractivity contribution in [2.75, 3.05) is 12.8 Å². The molecule has 0 aliphatic heterocycles.